The van der Waals surface area contributed by atoms with Crippen LogP contribution in [0.1, 0.15) is 13.8 Å². The third-order valence-electron chi connectivity index (χ3n) is 1.59. The van der Waals surface area contributed by atoms with E-state index in [9.17, 15) is 4.79 Å². The van der Waals surface area contributed by atoms with Crippen molar-refractivity contribution in [2.75, 3.05) is 13.2 Å². The Morgan fingerprint density at radius 3 is 2.42 bits per heavy atom. The lowest BCUT2D eigenvalue weighted by molar-refractivity contribution is -0.252. The smallest absolute Gasteiger partial charge is 0.405 e. The largest absolute Gasteiger partial charge is 0.465 e. The van der Waals surface area contributed by atoms with Crippen molar-refractivity contribution >= 4 is 6.09 Å². The van der Waals surface area contributed by atoms with Gasteiger partial charge in [0.25, 0.3) is 0 Å². The van der Waals surface area contributed by atoms with E-state index < -0.39 is 11.9 Å². The van der Waals surface area contributed by atoms with E-state index in [1.54, 1.807) is 13.8 Å². The van der Waals surface area contributed by atoms with E-state index >= 15 is 0 Å². The molecule has 1 saturated heterocycles. The SMILES string of the molecule is CC1(C)OCC(NC(=O)O)CO1. The lowest BCUT2D eigenvalue weighted by Gasteiger charge is -2.34. The van der Waals surface area contributed by atoms with E-state index in [-0.39, 0.29) is 6.04 Å². The normalized spacial score (nSPS) is 23.5. The van der Waals surface area contributed by atoms with Crippen LogP contribution in [0.5, 0.6) is 0 Å². The molecule has 0 radical (unpaired) electrons. The van der Waals surface area contributed by atoms with E-state index in [1.807, 2.05) is 0 Å². The fourth-order valence-corrected chi connectivity index (χ4v) is 0.950. The Labute approximate surface area is 70.7 Å². The molecule has 0 spiro atoms. The summed E-state index contributed by atoms with van der Waals surface area (Å²) in [4.78, 5) is 10.2. The van der Waals surface area contributed by atoms with Crippen molar-refractivity contribution in [1.82, 2.24) is 5.32 Å². The average Bonchev–Trinajstić information content (AvgIpc) is 1.93. The predicted molar refractivity (Wildman–Crippen MR) is 40.9 cm³/mol. The molecule has 1 fully saturated rings. The maximum atomic E-state index is 10.2. The maximum absolute atomic E-state index is 10.2. The minimum atomic E-state index is -1.05. The highest BCUT2D eigenvalue weighted by atomic mass is 16.7. The summed E-state index contributed by atoms with van der Waals surface area (Å²) >= 11 is 0. The molecule has 5 heteroatoms. The number of rotatable bonds is 1. The first-order chi connectivity index (χ1) is 5.49. The zero-order chi connectivity index (χ0) is 9.19. The third-order valence-corrected chi connectivity index (χ3v) is 1.59. The minimum absolute atomic E-state index is 0.254. The Balaban J connectivity index is 2.31. The molecule has 0 unspecified atom stereocenters. The van der Waals surface area contributed by atoms with Crippen LogP contribution in [-0.2, 0) is 9.47 Å². The topological polar surface area (TPSA) is 67.8 Å². The molecule has 1 aliphatic heterocycles. The van der Waals surface area contributed by atoms with Crippen molar-refractivity contribution in [1.29, 1.82) is 0 Å². The second kappa shape index (κ2) is 3.28. The molecule has 0 aromatic carbocycles. The minimum Gasteiger partial charge on any atom is -0.465 e. The van der Waals surface area contributed by atoms with Crippen molar-refractivity contribution in [2.45, 2.75) is 25.7 Å². The van der Waals surface area contributed by atoms with Gasteiger partial charge in [0.1, 0.15) is 0 Å². The first-order valence-electron chi connectivity index (χ1n) is 3.77. The van der Waals surface area contributed by atoms with Gasteiger partial charge in [0.15, 0.2) is 5.79 Å². The van der Waals surface area contributed by atoms with E-state index in [0.29, 0.717) is 13.2 Å². The molecule has 1 heterocycles. The second-order valence-electron chi connectivity index (χ2n) is 3.17. The van der Waals surface area contributed by atoms with Gasteiger partial charge in [0.05, 0.1) is 19.3 Å². The molecular formula is C7H13NO4. The van der Waals surface area contributed by atoms with E-state index in [1.165, 1.54) is 0 Å². The first kappa shape index (κ1) is 9.28. The van der Waals surface area contributed by atoms with Crippen LogP contribution in [0.15, 0.2) is 0 Å². The molecule has 12 heavy (non-hydrogen) atoms. The van der Waals surface area contributed by atoms with Gasteiger partial charge in [-0.25, -0.2) is 4.79 Å². The summed E-state index contributed by atoms with van der Waals surface area (Å²) in [6, 6.07) is -0.254. The van der Waals surface area contributed by atoms with Crippen LogP contribution < -0.4 is 5.32 Å². The molecular weight excluding hydrogens is 162 g/mol. The fourth-order valence-electron chi connectivity index (χ4n) is 0.950. The Morgan fingerprint density at radius 1 is 1.50 bits per heavy atom. The molecule has 1 aliphatic rings. The highest BCUT2D eigenvalue weighted by Gasteiger charge is 2.28. The van der Waals surface area contributed by atoms with Crippen molar-refractivity contribution in [3.05, 3.63) is 0 Å². The van der Waals surface area contributed by atoms with E-state index in [2.05, 4.69) is 5.32 Å². The summed E-state index contributed by atoms with van der Waals surface area (Å²) in [6.45, 7) is 4.31. The highest BCUT2D eigenvalue weighted by molar-refractivity contribution is 5.64. The van der Waals surface area contributed by atoms with Gasteiger partial charge in [-0.3, -0.25) is 0 Å². The number of ether oxygens (including phenoxy) is 2. The lowest BCUT2D eigenvalue weighted by atomic mass is 10.2. The third kappa shape index (κ3) is 2.67. The van der Waals surface area contributed by atoms with Crippen LogP contribution >= 0.6 is 0 Å². The number of carbonyl (C=O) groups is 1. The van der Waals surface area contributed by atoms with Crippen molar-refractivity contribution < 1.29 is 19.4 Å². The van der Waals surface area contributed by atoms with Gasteiger partial charge in [0, 0.05) is 0 Å². The Bertz CT molecular complexity index is 170. The monoisotopic (exact) mass is 175 g/mol. The number of hydrogen-bond donors (Lipinski definition) is 2. The van der Waals surface area contributed by atoms with Gasteiger partial charge in [-0.2, -0.15) is 0 Å². The lowest BCUT2D eigenvalue weighted by Crippen LogP contribution is -2.49. The number of carboxylic acid groups (broad SMARTS) is 1. The highest BCUT2D eigenvalue weighted by Crippen LogP contribution is 2.16. The van der Waals surface area contributed by atoms with Gasteiger partial charge in [-0.1, -0.05) is 0 Å². The molecule has 0 aliphatic carbocycles. The van der Waals surface area contributed by atoms with Gasteiger partial charge in [-0.15, -0.1) is 0 Å². The van der Waals surface area contributed by atoms with Gasteiger partial charge in [0.2, 0.25) is 0 Å². The summed E-state index contributed by atoms with van der Waals surface area (Å²) in [6.07, 6.45) is -1.05. The van der Waals surface area contributed by atoms with Gasteiger partial charge >= 0.3 is 6.09 Å². The molecule has 0 bridgehead atoms. The Kier molecular flexibility index (Phi) is 2.54. The van der Waals surface area contributed by atoms with Gasteiger partial charge < -0.3 is 19.9 Å². The Morgan fingerprint density at radius 2 is 2.00 bits per heavy atom. The van der Waals surface area contributed by atoms with Crippen LogP contribution in [0.25, 0.3) is 0 Å². The molecule has 0 aromatic heterocycles. The van der Waals surface area contributed by atoms with Crippen LogP contribution in [-0.4, -0.2) is 36.2 Å². The molecule has 0 aromatic rings. The van der Waals surface area contributed by atoms with Crippen molar-refractivity contribution in [2.24, 2.45) is 0 Å². The van der Waals surface area contributed by atoms with Crippen LogP contribution in [0.3, 0.4) is 0 Å². The number of amides is 1. The molecule has 2 N–H and O–H groups in total. The molecule has 70 valence electrons. The predicted octanol–water partition coefficient (Wildman–Crippen LogP) is 0.406. The number of nitrogens with one attached hydrogen (secondary N) is 1. The van der Waals surface area contributed by atoms with Crippen LogP contribution in [0, 0.1) is 0 Å². The first-order valence-corrected chi connectivity index (χ1v) is 3.77. The second-order valence-corrected chi connectivity index (χ2v) is 3.17. The number of hydrogen-bond acceptors (Lipinski definition) is 3. The Hall–Kier alpha value is -0.810. The summed E-state index contributed by atoms with van der Waals surface area (Å²) in [5.74, 6) is -0.587. The molecule has 5 nitrogen and oxygen atoms in total. The molecule has 1 amide bonds. The standard InChI is InChI=1S/C7H13NO4/c1-7(2)11-3-5(4-12-7)8-6(9)10/h5,8H,3-4H2,1-2H3,(H,9,10). The summed E-state index contributed by atoms with van der Waals surface area (Å²) < 4.78 is 10.5. The van der Waals surface area contributed by atoms with E-state index in [0.717, 1.165) is 0 Å². The van der Waals surface area contributed by atoms with Gasteiger partial charge in [-0.05, 0) is 13.8 Å². The fraction of sp³-hybridized carbons (Fsp3) is 0.857. The molecule has 0 saturated carbocycles. The molecule has 1 rings (SSSR count). The van der Waals surface area contributed by atoms with Crippen LogP contribution in [0.2, 0.25) is 0 Å². The van der Waals surface area contributed by atoms with Crippen molar-refractivity contribution in [3.63, 3.8) is 0 Å². The summed E-state index contributed by atoms with van der Waals surface area (Å²) in [7, 11) is 0. The average molecular weight is 175 g/mol. The van der Waals surface area contributed by atoms with E-state index in [4.69, 9.17) is 14.6 Å². The maximum Gasteiger partial charge on any atom is 0.405 e. The summed E-state index contributed by atoms with van der Waals surface area (Å²) in [5, 5.41) is 10.7. The quantitative estimate of drug-likeness (QED) is 0.605. The molecule has 0 atom stereocenters. The zero-order valence-corrected chi connectivity index (χ0v) is 7.16. The van der Waals surface area contributed by atoms with Crippen molar-refractivity contribution in [3.8, 4) is 0 Å². The van der Waals surface area contributed by atoms with Crippen LogP contribution in [0.4, 0.5) is 4.79 Å². The summed E-state index contributed by atoms with van der Waals surface area (Å²) in [5.41, 5.74) is 0. The zero-order valence-electron chi connectivity index (χ0n) is 7.16.